The smallest absolute Gasteiger partial charge is 0.294 e. The number of rotatable bonds is 8. The van der Waals surface area contributed by atoms with Gasteiger partial charge in [-0.2, -0.15) is 0 Å². The monoisotopic (exact) mass is 436 g/mol. The van der Waals surface area contributed by atoms with E-state index in [1.54, 1.807) is 23.1 Å². The summed E-state index contributed by atoms with van der Waals surface area (Å²) in [6.45, 7) is 7.30. The van der Waals surface area contributed by atoms with E-state index in [0.29, 0.717) is 22.8 Å². The Labute approximate surface area is 181 Å². The number of hydrogen-bond donors (Lipinski definition) is 0. The SMILES string of the molecule is COc1cc(OC)c(OC)cc1/C=C1\SC(=O)N(CC(=O)N(C(C)C)C(C)C)C1=O. The maximum atomic E-state index is 12.8. The number of nitrogens with zero attached hydrogens (tertiary/aromatic N) is 2. The summed E-state index contributed by atoms with van der Waals surface area (Å²) in [5, 5.41) is -0.480. The summed E-state index contributed by atoms with van der Waals surface area (Å²) in [5.41, 5.74) is 0.554. The topological polar surface area (TPSA) is 85.4 Å². The number of amides is 3. The molecule has 0 unspecified atom stereocenters. The first-order chi connectivity index (χ1) is 14.1. The van der Waals surface area contributed by atoms with Crippen LogP contribution in [0.15, 0.2) is 17.0 Å². The lowest BCUT2D eigenvalue weighted by atomic mass is 10.1. The van der Waals surface area contributed by atoms with Gasteiger partial charge in [-0.05, 0) is 51.6 Å². The molecule has 2 rings (SSSR count). The Balaban J connectivity index is 2.32. The zero-order valence-electron chi connectivity index (χ0n) is 18.3. The summed E-state index contributed by atoms with van der Waals surface area (Å²) in [5.74, 6) is 0.618. The summed E-state index contributed by atoms with van der Waals surface area (Å²) in [7, 11) is 4.51. The minimum atomic E-state index is -0.511. The van der Waals surface area contributed by atoms with E-state index in [9.17, 15) is 14.4 Å². The Morgan fingerprint density at radius 1 is 1.00 bits per heavy atom. The van der Waals surface area contributed by atoms with Crippen LogP contribution in [0.4, 0.5) is 4.79 Å². The minimum absolute atomic E-state index is 0.0380. The average Bonchev–Trinajstić information content (AvgIpc) is 2.94. The molecule has 9 heteroatoms. The van der Waals surface area contributed by atoms with E-state index in [0.717, 1.165) is 16.7 Å². The van der Waals surface area contributed by atoms with Crippen LogP contribution in [0.2, 0.25) is 0 Å². The summed E-state index contributed by atoms with van der Waals surface area (Å²) in [4.78, 5) is 40.8. The highest BCUT2D eigenvalue weighted by Crippen LogP contribution is 2.38. The first kappa shape index (κ1) is 23.6. The first-order valence-electron chi connectivity index (χ1n) is 9.51. The second-order valence-electron chi connectivity index (χ2n) is 7.21. The molecule has 1 saturated heterocycles. The number of carbonyl (C=O) groups excluding carboxylic acids is 3. The lowest BCUT2D eigenvalue weighted by molar-refractivity contribution is -0.138. The number of benzene rings is 1. The van der Waals surface area contributed by atoms with Crippen molar-refractivity contribution in [2.45, 2.75) is 39.8 Å². The maximum Gasteiger partial charge on any atom is 0.294 e. The van der Waals surface area contributed by atoms with Crippen molar-refractivity contribution in [2.24, 2.45) is 0 Å². The molecule has 8 nitrogen and oxygen atoms in total. The number of carbonyl (C=O) groups is 3. The molecule has 30 heavy (non-hydrogen) atoms. The van der Waals surface area contributed by atoms with Gasteiger partial charge in [-0.1, -0.05) is 0 Å². The Morgan fingerprint density at radius 3 is 2.03 bits per heavy atom. The van der Waals surface area contributed by atoms with E-state index < -0.39 is 11.1 Å². The number of hydrogen-bond acceptors (Lipinski definition) is 7. The third-order valence-corrected chi connectivity index (χ3v) is 5.50. The van der Waals surface area contributed by atoms with Gasteiger partial charge in [0.15, 0.2) is 11.5 Å². The molecule has 164 valence electrons. The van der Waals surface area contributed by atoms with Crippen LogP contribution < -0.4 is 14.2 Å². The summed E-state index contributed by atoms with van der Waals surface area (Å²) < 4.78 is 15.9. The molecule has 0 aromatic heterocycles. The number of thioether (sulfide) groups is 1. The van der Waals surface area contributed by atoms with Crippen LogP contribution in [0.3, 0.4) is 0 Å². The van der Waals surface area contributed by atoms with E-state index in [2.05, 4.69) is 0 Å². The highest BCUT2D eigenvalue weighted by Gasteiger charge is 2.38. The molecule has 0 N–H and O–H groups in total. The van der Waals surface area contributed by atoms with E-state index in [-0.39, 0.29) is 29.4 Å². The fourth-order valence-corrected chi connectivity index (χ4v) is 4.16. The zero-order valence-corrected chi connectivity index (χ0v) is 19.2. The van der Waals surface area contributed by atoms with Crippen molar-refractivity contribution in [1.82, 2.24) is 9.80 Å². The Morgan fingerprint density at radius 2 is 1.53 bits per heavy atom. The first-order valence-corrected chi connectivity index (χ1v) is 10.3. The van der Waals surface area contributed by atoms with Gasteiger partial charge < -0.3 is 19.1 Å². The third-order valence-electron chi connectivity index (χ3n) is 4.59. The molecule has 0 saturated carbocycles. The third kappa shape index (κ3) is 4.89. The second kappa shape index (κ2) is 9.88. The number of methoxy groups -OCH3 is 3. The lowest BCUT2D eigenvalue weighted by Crippen LogP contribution is -2.48. The van der Waals surface area contributed by atoms with Gasteiger partial charge in [-0.25, -0.2) is 0 Å². The van der Waals surface area contributed by atoms with Crippen LogP contribution in [0.25, 0.3) is 6.08 Å². The van der Waals surface area contributed by atoms with Gasteiger partial charge in [0.2, 0.25) is 5.91 Å². The fraction of sp³-hybridized carbons (Fsp3) is 0.476. The molecule has 0 radical (unpaired) electrons. The standard InChI is InChI=1S/C21H28N2O6S/c1-12(2)23(13(3)4)19(24)11-22-20(25)18(30-21(22)26)9-14-8-16(28-6)17(29-7)10-15(14)27-5/h8-10,12-13H,11H2,1-7H3/b18-9-. The fourth-order valence-electron chi connectivity index (χ4n) is 3.33. The van der Waals surface area contributed by atoms with Crippen molar-refractivity contribution < 1.29 is 28.6 Å². The molecule has 1 aliphatic heterocycles. The van der Waals surface area contributed by atoms with Crippen molar-refractivity contribution in [3.05, 3.63) is 22.6 Å². The molecule has 1 aromatic carbocycles. The van der Waals surface area contributed by atoms with Crippen molar-refractivity contribution in [3.63, 3.8) is 0 Å². The van der Waals surface area contributed by atoms with Crippen LogP contribution in [0, 0.1) is 0 Å². The van der Waals surface area contributed by atoms with Crippen LogP contribution >= 0.6 is 11.8 Å². The van der Waals surface area contributed by atoms with E-state index in [1.807, 2.05) is 27.7 Å². The van der Waals surface area contributed by atoms with Gasteiger partial charge in [0, 0.05) is 23.7 Å². The van der Waals surface area contributed by atoms with Crippen molar-refractivity contribution in [1.29, 1.82) is 0 Å². The van der Waals surface area contributed by atoms with Crippen molar-refractivity contribution in [2.75, 3.05) is 27.9 Å². The van der Waals surface area contributed by atoms with Crippen molar-refractivity contribution >= 4 is 34.9 Å². The molecule has 0 aliphatic carbocycles. The Bertz CT molecular complexity index is 857. The second-order valence-corrected chi connectivity index (χ2v) is 8.20. The average molecular weight is 437 g/mol. The van der Waals surface area contributed by atoms with Gasteiger partial charge in [0.1, 0.15) is 12.3 Å². The molecule has 0 spiro atoms. The normalized spacial score (nSPS) is 15.4. The Hall–Kier alpha value is -2.68. The predicted molar refractivity (Wildman–Crippen MR) is 116 cm³/mol. The van der Waals surface area contributed by atoms with Crippen molar-refractivity contribution in [3.8, 4) is 17.2 Å². The van der Waals surface area contributed by atoms with Gasteiger partial charge in [-0.15, -0.1) is 0 Å². The maximum absolute atomic E-state index is 12.8. The molecule has 1 aromatic rings. The van der Waals surface area contributed by atoms with Gasteiger partial charge in [-0.3, -0.25) is 19.3 Å². The van der Waals surface area contributed by atoms with Crippen LogP contribution in [0.1, 0.15) is 33.3 Å². The quantitative estimate of drug-likeness (QED) is 0.578. The summed E-state index contributed by atoms with van der Waals surface area (Å²) in [6.07, 6.45) is 1.55. The molecule has 0 atom stereocenters. The molecule has 1 fully saturated rings. The van der Waals surface area contributed by atoms with Crippen LogP contribution in [0.5, 0.6) is 17.2 Å². The lowest BCUT2D eigenvalue weighted by Gasteiger charge is -2.31. The van der Waals surface area contributed by atoms with Crippen LogP contribution in [-0.4, -0.2) is 66.8 Å². The predicted octanol–water partition coefficient (Wildman–Crippen LogP) is 3.39. The largest absolute Gasteiger partial charge is 0.496 e. The molecule has 0 bridgehead atoms. The molecule has 3 amide bonds. The minimum Gasteiger partial charge on any atom is -0.496 e. The summed E-state index contributed by atoms with van der Waals surface area (Å²) in [6, 6.07) is 3.23. The van der Waals surface area contributed by atoms with E-state index in [1.165, 1.54) is 21.3 Å². The molecule has 1 aliphatic rings. The van der Waals surface area contributed by atoms with Gasteiger partial charge in [0.25, 0.3) is 11.1 Å². The van der Waals surface area contributed by atoms with Crippen LogP contribution in [-0.2, 0) is 9.59 Å². The Kier molecular flexibility index (Phi) is 7.77. The highest BCUT2D eigenvalue weighted by molar-refractivity contribution is 8.18. The summed E-state index contributed by atoms with van der Waals surface area (Å²) >= 11 is 0.790. The van der Waals surface area contributed by atoms with Gasteiger partial charge >= 0.3 is 0 Å². The molecular weight excluding hydrogens is 408 g/mol. The highest BCUT2D eigenvalue weighted by atomic mass is 32.2. The molecular formula is C21H28N2O6S. The number of imide groups is 1. The number of ether oxygens (including phenoxy) is 3. The zero-order chi connectivity index (χ0) is 22.6. The van der Waals surface area contributed by atoms with Gasteiger partial charge in [0.05, 0.1) is 26.2 Å². The van der Waals surface area contributed by atoms with E-state index >= 15 is 0 Å². The molecule has 1 heterocycles. The van der Waals surface area contributed by atoms with E-state index in [4.69, 9.17) is 14.2 Å².